The van der Waals surface area contributed by atoms with Gasteiger partial charge in [0, 0.05) is 19.3 Å². The molecule has 1 unspecified atom stereocenters. The van der Waals surface area contributed by atoms with Crippen LogP contribution in [0.25, 0.3) is 0 Å². The molecular formula is C22H26N4O3. The molecule has 152 valence electrons. The van der Waals surface area contributed by atoms with Crippen LogP contribution in [0.2, 0.25) is 0 Å². The van der Waals surface area contributed by atoms with Gasteiger partial charge in [0.25, 0.3) is 5.91 Å². The van der Waals surface area contributed by atoms with Crippen molar-refractivity contribution < 1.29 is 14.3 Å². The lowest BCUT2D eigenvalue weighted by Gasteiger charge is -2.16. The smallest absolute Gasteiger partial charge is 0.263 e. The van der Waals surface area contributed by atoms with E-state index in [1.165, 1.54) is 6.20 Å². The van der Waals surface area contributed by atoms with E-state index in [-0.39, 0.29) is 11.6 Å². The zero-order chi connectivity index (χ0) is 21.2. The average Bonchev–Trinajstić information content (AvgIpc) is 2.76. The standard InChI is InChI=1S/C22H26N4O3/c1-15(18-7-8-20(28-2)21(10-18)29-3)26-22(27)19(12-24)14-25-13-17-6-4-5-16(9-17)11-23/h4-10,14-15,25H,11,13,23H2,1-3H3,(H,26,27)/b19-14-. The topological polar surface area (TPSA) is 109 Å². The van der Waals surface area contributed by atoms with E-state index < -0.39 is 5.91 Å². The van der Waals surface area contributed by atoms with Crippen LogP contribution in [0, 0.1) is 11.3 Å². The molecule has 4 N–H and O–H groups in total. The first-order chi connectivity index (χ1) is 14.0. The first-order valence-corrected chi connectivity index (χ1v) is 9.16. The van der Waals surface area contributed by atoms with Crippen molar-refractivity contribution in [1.82, 2.24) is 10.6 Å². The third-order valence-corrected chi connectivity index (χ3v) is 4.40. The number of ether oxygens (including phenoxy) is 2. The molecule has 0 radical (unpaired) electrons. The lowest BCUT2D eigenvalue weighted by Crippen LogP contribution is -2.28. The predicted octanol–water partition coefficient (Wildman–Crippen LogP) is 2.54. The summed E-state index contributed by atoms with van der Waals surface area (Å²) in [5.74, 6) is 0.719. The van der Waals surface area contributed by atoms with Gasteiger partial charge in [0.05, 0.1) is 20.3 Å². The highest BCUT2D eigenvalue weighted by molar-refractivity contribution is 5.97. The number of nitriles is 1. The second kappa shape index (κ2) is 10.7. The summed E-state index contributed by atoms with van der Waals surface area (Å²) in [6, 6.07) is 14.8. The van der Waals surface area contributed by atoms with Gasteiger partial charge in [-0.25, -0.2) is 0 Å². The maximum Gasteiger partial charge on any atom is 0.263 e. The molecule has 2 rings (SSSR count). The molecule has 0 aliphatic carbocycles. The Bertz CT molecular complexity index is 919. The monoisotopic (exact) mass is 394 g/mol. The Labute approximate surface area is 171 Å². The zero-order valence-electron chi connectivity index (χ0n) is 16.9. The number of hydrogen-bond donors (Lipinski definition) is 3. The van der Waals surface area contributed by atoms with E-state index in [9.17, 15) is 10.1 Å². The van der Waals surface area contributed by atoms with Crippen molar-refractivity contribution in [3.05, 3.63) is 70.9 Å². The van der Waals surface area contributed by atoms with E-state index in [4.69, 9.17) is 15.2 Å². The average molecular weight is 394 g/mol. The second-order valence-electron chi connectivity index (χ2n) is 6.38. The fraction of sp³-hybridized carbons (Fsp3) is 0.273. The molecule has 29 heavy (non-hydrogen) atoms. The van der Waals surface area contributed by atoms with E-state index in [0.29, 0.717) is 24.6 Å². The maximum absolute atomic E-state index is 12.5. The highest BCUT2D eigenvalue weighted by atomic mass is 16.5. The van der Waals surface area contributed by atoms with Crippen LogP contribution in [0.4, 0.5) is 0 Å². The molecule has 1 amide bonds. The van der Waals surface area contributed by atoms with Gasteiger partial charge in [0.1, 0.15) is 11.6 Å². The highest BCUT2D eigenvalue weighted by Gasteiger charge is 2.15. The number of amides is 1. The Morgan fingerprint density at radius 2 is 1.90 bits per heavy atom. The summed E-state index contributed by atoms with van der Waals surface area (Å²) in [5.41, 5.74) is 8.51. The molecule has 0 saturated carbocycles. The molecule has 0 saturated heterocycles. The molecule has 2 aromatic carbocycles. The molecule has 7 nitrogen and oxygen atoms in total. The van der Waals surface area contributed by atoms with Gasteiger partial charge in [-0.3, -0.25) is 4.79 Å². The van der Waals surface area contributed by atoms with Crippen LogP contribution in [0.5, 0.6) is 11.5 Å². The van der Waals surface area contributed by atoms with Gasteiger partial charge in [-0.05, 0) is 35.7 Å². The van der Waals surface area contributed by atoms with E-state index in [1.807, 2.05) is 43.3 Å². The molecular weight excluding hydrogens is 368 g/mol. The lowest BCUT2D eigenvalue weighted by atomic mass is 10.1. The van der Waals surface area contributed by atoms with Gasteiger partial charge in [0.2, 0.25) is 0 Å². The van der Waals surface area contributed by atoms with Gasteiger partial charge >= 0.3 is 0 Å². The molecule has 0 bridgehead atoms. The molecule has 0 spiro atoms. The number of nitrogens with zero attached hydrogens (tertiary/aromatic N) is 1. The third kappa shape index (κ3) is 5.99. The Kier molecular flexibility index (Phi) is 8.07. The fourth-order valence-electron chi connectivity index (χ4n) is 2.77. The number of carbonyl (C=O) groups excluding carboxylic acids is 1. The van der Waals surface area contributed by atoms with Gasteiger partial charge in [-0.15, -0.1) is 0 Å². The van der Waals surface area contributed by atoms with Gasteiger partial charge in [0.15, 0.2) is 11.5 Å². The minimum atomic E-state index is -0.460. The summed E-state index contributed by atoms with van der Waals surface area (Å²) in [4.78, 5) is 12.5. The van der Waals surface area contributed by atoms with Crippen LogP contribution in [0.15, 0.2) is 54.2 Å². The van der Waals surface area contributed by atoms with Crippen LogP contribution >= 0.6 is 0 Å². The summed E-state index contributed by atoms with van der Waals surface area (Å²) in [7, 11) is 3.11. The molecule has 2 aromatic rings. The minimum Gasteiger partial charge on any atom is -0.493 e. The van der Waals surface area contributed by atoms with Crippen molar-refractivity contribution >= 4 is 5.91 Å². The van der Waals surface area contributed by atoms with Crippen molar-refractivity contribution in [2.24, 2.45) is 5.73 Å². The molecule has 0 fully saturated rings. The molecule has 0 heterocycles. The predicted molar refractivity (Wildman–Crippen MR) is 111 cm³/mol. The molecule has 1 atom stereocenters. The van der Waals surface area contributed by atoms with Gasteiger partial charge in [-0.2, -0.15) is 5.26 Å². The fourth-order valence-corrected chi connectivity index (χ4v) is 2.77. The normalized spacial score (nSPS) is 11.9. The number of carbonyl (C=O) groups is 1. The van der Waals surface area contributed by atoms with Crippen LogP contribution in [0.1, 0.15) is 29.7 Å². The Morgan fingerprint density at radius 1 is 1.17 bits per heavy atom. The molecule has 0 aromatic heterocycles. The molecule has 0 aliphatic heterocycles. The largest absolute Gasteiger partial charge is 0.493 e. The SMILES string of the molecule is COc1ccc(C(C)NC(=O)/C(C#N)=C\NCc2cccc(CN)c2)cc1OC. The Hall–Kier alpha value is -3.50. The van der Waals surface area contributed by atoms with E-state index in [2.05, 4.69) is 10.6 Å². The van der Waals surface area contributed by atoms with Gasteiger partial charge < -0.3 is 25.8 Å². The second-order valence-corrected chi connectivity index (χ2v) is 6.38. The minimum absolute atomic E-state index is 0.00712. The molecule has 7 heteroatoms. The lowest BCUT2D eigenvalue weighted by molar-refractivity contribution is -0.117. The van der Waals surface area contributed by atoms with Crippen molar-refractivity contribution in [1.29, 1.82) is 5.26 Å². The van der Waals surface area contributed by atoms with Crippen molar-refractivity contribution in [3.63, 3.8) is 0 Å². The summed E-state index contributed by atoms with van der Waals surface area (Å²) in [6.45, 7) is 2.78. The summed E-state index contributed by atoms with van der Waals surface area (Å²) < 4.78 is 10.5. The number of methoxy groups -OCH3 is 2. The van der Waals surface area contributed by atoms with E-state index in [1.54, 1.807) is 26.4 Å². The summed E-state index contributed by atoms with van der Waals surface area (Å²) in [5, 5.41) is 15.2. The third-order valence-electron chi connectivity index (χ3n) is 4.40. The first-order valence-electron chi connectivity index (χ1n) is 9.16. The molecule has 0 aliphatic rings. The first kappa shape index (κ1) is 21.8. The van der Waals surface area contributed by atoms with Crippen molar-refractivity contribution in [2.45, 2.75) is 26.1 Å². The van der Waals surface area contributed by atoms with E-state index >= 15 is 0 Å². The number of nitrogens with two attached hydrogens (primary N) is 1. The quantitative estimate of drug-likeness (QED) is 0.445. The maximum atomic E-state index is 12.5. The highest BCUT2D eigenvalue weighted by Crippen LogP contribution is 2.29. The summed E-state index contributed by atoms with van der Waals surface area (Å²) >= 11 is 0. The van der Waals surface area contributed by atoms with Crippen LogP contribution in [0.3, 0.4) is 0 Å². The number of hydrogen-bond acceptors (Lipinski definition) is 6. The number of benzene rings is 2. The van der Waals surface area contributed by atoms with Crippen molar-refractivity contribution in [2.75, 3.05) is 14.2 Å². The van der Waals surface area contributed by atoms with Gasteiger partial charge in [-0.1, -0.05) is 30.3 Å². The number of rotatable bonds is 9. The van der Waals surface area contributed by atoms with Crippen LogP contribution in [-0.2, 0) is 17.9 Å². The van der Waals surface area contributed by atoms with Crippen molar-refractivity contribution in [3.8, 4) is 17.6 Å². The van der Waals surface area contributed by atoms with Crippen LogP contribution in [-0.4, -0.2) is 20.1 Å². The van der Waals surface area contributed by atoms with Crippen LogP contribution < -0.4 is 25.8 Å². The Balaban J connectivity index is 2.01. The summed E-state index contributed by atoms with van der Waals surface area (Å²) in [6.07, 6.45) is 1.42. The zero-order valence-corrected chi connectivity index (χ0v) is 16.9. The Morgan fingerprint density at radius 3 is 2.55 bits per heavy atom. The number of nitrogens with one attached hydrogen (secondary N) is 2. The van der Waals surface area contributed by atoms with E-state index in [0.717, 1.165) is 16.7 Å².